The minimum atomic E-state index is 0.706. The van der Waals surface area contributed by atoms with Crippen LogP contribution in [0.4, 0.5) is 5.69 Å². The van der Waals surface area contributed by atoms with E-state index < -0.39 is 0 Å². The lowest BCUT2D eigenvalue weighted by atomic mass is 9.99. The smallest absolute Gasteiger partial charge is 0.0377 e. The molecule has 0 saturated carbocycles. The van der Waals surface area contributed by atoms with Crippen LogP contribution in [0.2, 0.25) is 0 Å². The Morgan fingerprint density at radius 3 is 3.17 bits per heavy atom. The third kappa shape index (κ3) is 1.24. The predicted molar refractivity (Wildman–Crippen MR) is 55.7 cm³/mol. The average Bonchev–Trinajstić information content (AvgIpc) is 2.46. The standard InChI is InChI=1S/C10H12BrN/c1-2-7-6-12-10-4-3-8(11)5-9(7)10/h3-5,7,12H,2,6H2,1H3. The maximum absolute atomic E-state index is 3.49. The van der Waals surface area contributed by atoms with Crippen LogP contribution in [-0.2, 0) is 0 Å². The highest BCUT2D eigenvalue weighted by Crippen LogP contribution is 2.34. The first-order valence-electron chi connectivity index (χ1n) is 4.34. The van der Waals surface area contributed by atoms with Crippen LogP contribution in [0.5, 0.6) is 0 Å². The number of halogens is 1. The Balaban J connectivity index is 2.42. The van der Waals surface area contributed by atoms with E-state index in [-0.39, 0.29) is 0 Å². The van der Waals surface area contributed by atoms with Crippen molar-refractivity contribution in [3.05, 3.63) is 28.2 Å². The Morgan fingerprint density at radius 2 is 2.42 bits per heavy atom. The molecule has 0 aliphatic carbocycles. The van der Waals surface area contributed by atoms with Gasteiger partial charge in [0.15, 0.2) is 0 Å². The zero-order valence-corrected chi connectivity index (χ0v) is 8.69. The lowest BCUT2D eigenvalue weighted by Crippen LogP contribution is -1.99. The van der Waals surface area contributed by atoms with Crippen LogP contribution in [0.3, 0.4) is 0 Å². The molecule has 1 aliphatic heterocycles. The summed E-state index contributed by atoms with van der Waals surface area (Å²) in [5, 5.41) is 3.41. The highest BCUT2D eigenvalue weighted by molar-refractivity contribution is 9.10. The van der Waals surface area contributed by atoms with Gasteiger partial charge in [-0.25, -0.2) is 0 Å². The Labute approximate surface area is 81.3 Å². The van der Waals surface area contributed by atoms with E-state index in [1.165, 1.54) is 22.1 Å². The van der Waals surface area contributed by atoms with Gasteiger partial charge in [0.1, 0.15) is 0 Å². The first-order chi connectivity index (χ1) is 5.81. The van der Waals surface area contributed by atoms with Crippen molar-refractivity contribution in [2.75, 3.05) is 11.9 Å². The minimum Gasteiger partial charge on any atom is -0.384 e. The van der Waals surface area contributed by atoms with E-state index >= 15 is 0 Å². The van der Waals surface area contributed by atoms with Crippen LogP contribution >= 0.6 is 15.9 Å². The molecule has 1 aliphatic rings. The molecule has 1 nitrogen and oxygen atoms in total. The molecule has 64 valence electrons. The molecule has 1 aromatic rings. The molecule has 1 aromatic carbocycles. The largest absolute Gasteiger partial charge is 0.384 e. The number of benzene rings is 1. The van der Waals surface area contributed by atoms with Crippen LogP contribution in [0.15, 0.2) is 22.7 Å². The first kappa shape index (κ1) is 8.11. The van der Waals surface area contributed by atoms with Crippen molar-refractivity contribution < 1.29 is 0 Å². The Bertz CT molecular complexity index is 296. The zero-order chi connectivity index (χ0) is 8.55. The van der Waals surface area contributed by atoms with Crippen molar-refractivity contribution in [2.24, 2.45) is 0 Å². The average molecular weight is 226 g/mol. The fourth-order valence-corrected chi connectivity index (χ4v) is 2.12. The number of hydrogen-bond donors (Lipinski definition) is 1. The molecule has 2 heteroatoms. The second-order valence-electron chi connectivity index (χ2n) is 3.22. The Hall–Kier alpha value is -0.500. The molecule has 12 heavy (non-hydrogen) atoms. The maximum atomic E-state index is 3.49. The molecule has 0 aromatic heterocycles. The highest BCUT2D eigenvalue weighted by atomic mass is 79.9. The van der Waals surface area contributed by atoms with Gasteiger partial charge in [-0.3, -0.25) is 0 Å². The number of nitrogens with one attached hydrogen (secondary N) is 1. The summed E-state index contributed by atoms with van der Waals surface area (Å²) in [5.74, 6) is 0.706. The molecule has 1 atom stereocenters. The molecule has 0 saturated heterocycles. The predicted octanol–water partition coefficient (Wildman–Crippen LogP) is 3.37. The van der Waals surface area contributed by atoms with Crippen LogP contribution in [-0.4, -0.2) is 6.54 Å². The highest BCUT2D eigenvalue weighted by Gasteiger charge is 2.19. The second kappa shape index (κ2) is 3.09. The third-order valence-electron chi connectivity index (χ3n) is 2.49. The fourth-order valence-electron chi connectivity index (χ4n) is 1.74. The molecule has 0 spiro atoms. The van der Waals surface area contributed by atoms with Crippen LogP contribution < -0.4 is 5.32 Å². The molecule has 2 rings (SSSR count). The minimum absolute atomic E-state index is 0.706. The van der Waals surface area contributed by atoms with Crippen molar-refractivity contribution in [3.63, 3.8) is 0 Å². The molecule has 0 amide bonds. The summed E-state index contributed by atoms with van der Waals surface area (Å²) >= 11 is 3.49. The van der Waals surface area contributed by atoms with E-state index in [0.29, 0.717) is 5.92 Å². The van der Waals surface area contributed by atoms with E-state index in [1.807, 2.05) is 0 Å². The summed E-state index contributed by atoms with van der Waals surface area (Å²) < 4.78 is 1.18. The van der Waals surface area contributed by atoms with E-state index in [4.69, 9.17) is 0 Å². The quantitative estimate of drug-likeness (QED) is 0.774. The van der Waals surface area contributed by atoms with Gasteiger partial charge in [-0.15, -0.1) is 0 Å². The molecule has 1 heterocycles. The topological polar surface area (TPSA) is 12.0 Å². The third-order valence-corrected chi connectivity index (χ3v) is 2.98. The Morgan fingerprint density at radius 1 is 1.58 bits per heavy atom. The van der Waals surface area contributed by atoms with Crippen molar-refractivity contribution in [1.29, 1.82) is 0 Å². The summed E-state index contributed by atoms with van der Waals surface area (Å²) in [6.45, 7) is 3.34. The van der Waals surface area contributed by atoms with Gasteiger partial charge in [0.2, 0.25) is 0 Å². The first-order valence-corrected chi connectivity index (χ1v) is 5.14. The van der Waals surface area contributed by atoms with Crippen molar-refractivity contribution >= 4 is 21.6 Å². The SMILES string of the molecule is CCC1CNc2ccc(Br)cc21. The van der Waals surface area contributed by atoms with Gasteiger partial charge in [-0.05, 0) is 30.2 Å². The van der Waals surface area contributed by atoms with Crippen LogP contribution in [0.1, 0.15) is 24.8 Å². The van der Waals surface area contributed by atoms with Crippen molar-refractivity contribution in [3.8, 4) is 0 Å². The summed E-state index contributed by atoms with van der Waals surface area (Å²) in [7, 11) is 0. The van der Waals surface area contributed by atoms with E-state index in [9.17, 15) is 0 Å². The molecule has 0 radical (unpaired) electrons. The fraction of sp³-hybridized carbons (Fsp3) is 0.400. The normalized spacial score (nSPS) is 20.3. The van der Waals surface area contributed by atoms with Gasteiger partial charge in [0.05, 0.1) is 0 Å². The summed E-state index contributed by atoms with van der Waals surface area (Å²) in [5.41, 5.74) is 2.77. The molecule has 0 bridgehead atoms. The van der Waals surface area contributed by atoms with E-state index in [2.05, 4.69) is 46.4 Å². The van der Waals surface area contributed by atoms with E-state index in [1.54, 1.807) is 0 Å². The molecular weight excluding hydrogens is 214 g/mol. The molecular formula is C10H12BrN. The number of anilines is 1. The van der Waals surface area contributed by atoms with Crippen molar-refractivity contribution in [2.45, 2.75) is 19.3 Å². The lowest BCUT2D eigenvalue weighted by molar-refractivity contribution is 0.727. The van der Waals surface area contributed by atoms with Gasteiger partial charge in [0, 0.05) is 22.6 Å². The number of hydrogen-bond acceptors (Lipinski definition) is 1. The van der Waals surface area contributed by atoms with Gasteiger partial charge >= 0.3 is 0 Å². The summed E-state index contributed by atoms with van der Waals surface area (Å²) in [6, 6.07) is 6.46. The Kier molecular flexibility index (Phi) is 2.09. The van der Waals surface area contributed by atoms with Crippen LogP contribution in [0.25, 0.3) is 0 Å². The van der Waals surface area contributed by atoms with Gasteiger partial charge in [0.25, 0.3) is 0 Å². The maximum Gasteiger partial charge on any atom is 0.0377 e. The summed E-state index contributed by atoms with van der Waals surface area (Å²) in [4.78, 5) is 0. The second-order valence-corrected chi connectivity index (χ2v) is 4.13. The molecule has 1 N–H and O–H groups in total. The molecule has 0 fully saturated rings. The number of rotatable bonds is 1. The summed E-state index contributed by atoms with van der Waals surface area (Å²) in [6.07, 6.45) is 1.22. The zero-order valence-electron chi connectivity index (χ0n) is 7.10. The lowest BCUT2D eigenvalue weighted by Gasteiger charge is -2.05. The van der Waals surface area contributed by atoms with Gasteiger partial charge in [-0.2, -0.15) is 0 Å². The van der Waals surface area contributed by atoms with Crippen molar-refractivity contribution in [1.82, 2.24) is 0 Å². The monoisotopic (exact) mass is 225 g/mol. The number of fused-ring (bicyclic) bond motifs is 1. The van der Waals surface area contributed by atoms with Gasteiger partial charge in [-0.1, -0.05) is 22.9 Å². The van der Waals surface area contributed by atoms with E-state index in [0.717, 1.165) is 6.54 Å². The van der Waals surface area contributed by atoms with Crippen LogP contribution in [0, 0.1) is 0 Å². The van der Waals surface area contributed by atoms with Gasteiger partial charge < -0.3 is 5.32 Å². The molecule has 1 unspecified atom stereocenters.